The van der Waals surface area contributed by atoms with E-state index in [0.717, 1.165) is 55.6 Å². The Morgan fingerprint density at radius 3 is 2.56 bits per heavy atom. The molecule has 0 bridgehead atoms. The summed E-state index contributed by atoms with van der Waals surface area (Å²) in [4.78, 5) is 21.7. The fourth-order valence-electron chi connectivity index (χ4n) is 5.64. The van der Waals surface area contributed by atoms with Crippen molar-refractivity contribution in [3.63, 3.8) is 0 Å². The van der Waals surface area contributed by atoms with Crippen LogP contribution >= 0.6 is 23.2 Å². The van der Waals surface area contributed by atoms with Gasteiger partial charge in [0.05, 0.1) is 16.1 Å². The Kier molecular flexibility index (Phi) is 6.91. The van der Waals surface area contributed by atoms with E-state index < -0.39 is 0 Å². The molecule has 0 N–H and O–H groups in total. The van der Waals surface area contributed by atoms with Gasteiger partial charge in [-0.3, -0.25) is 9.78 Å². The summed E-state index contributed by atoms with van der Waals surface area (Å²) in [5.74, 6) is 0.799. The summed E-state index contributed by atoms with van der Waals surface area (Å²) in [6.45, 7) is 3.12. The summed E-state index contributed by atoms with van der Waals surface area (Å²) >= 11 is 12.7. The zero-order chi connectivity index (χ0) is 23.7. The average molecular weight is 494 g/mol. The van der Waals surface area contributed by atoms with Gasteiger partial charge in [-0.05, 0) is 85.8 Å². The van der Waals surface area contributed by atoms with E-state index in [4.69, 9.17) is 23.2 Å². The zero-order valence-electron chi connectivity index (χ0n) is 19.3. The number of carbonyl (C=O) groups is 1. The van der Waals surface area contributed by atoms with Crippen LogP contribution in [0, 0.1) is 0 Å². The van der Waals surface area contributed by atoms with Crippen molar-refractivity contribution in [1.29, 1.82) is 0 Å². The summed E-state index contributed by atoms with van der Waals surface area (Å²) in [7, 11) is 1.91. The molecule has 2 unspecified atom stereocenters. The molecule has 4 nitrogen and oxygen atoms in total. The standard InChI is InChI=1S/C28H29Cl2N3O/c1-32-27(23-6-2-3-7-24(23)28(32)34)22(20-8-9-25(29)26(30)17-20)12-16-33-14-10-19(11-15-33)21-5-4-13-31-18-21/h2-9,13,17-19,22,27H,10-12,14-16H2,1H3. The first-order valence-corrected chi connectivity index (χ1v) is 12.7. The number of amides is 1. The van der Waals surface area contributed by atoms with Gasteiger partial charge in [0.25, 0.3) is 5.91 Å². The van der Waals surface area contributed by atoms with Gasteiger partial charge in [-0.2, -0.15) is 0 Å². The maximum Gasteiger partial charge on any atom is 0.254 e. The lowest BCUT2D eigenvalue weighted by atomic mass is 9.84. The van der Waals surface area contributed by atoms with Gasteiger partial charge in [0, 0.05) is 30.9 Å². The molecule has 1 aromatic heterocycles. The Bertz CT molecular complexity index is 1160. The lowest BCUT2D eigenvalue weighted by Gasteiger charge is -2.35. The van der Waals surface area contributed by atoms with Crippen LogP contribution in [0.15, 0.2) is 67.0 Å². The van der Waals surface area contributed by atoms with Gasteiger partial charge < -0.3 is 9.80 Å². The van der Waals surface area contributed by atoms with Gasteiger partial charge in [-0.15, -0.1) is 0 Å². The predicted molar refractivity (Wildman–Crippen MR) is 138 cm³/mol. The van der Waals surface area contributed by atoms with Crippen LogP contribution in [0.4, 0.5) is 0 Å². The predicted octanol–water partition coefficient (Wildman–Crippen LogP) is 6.57. The summed E-state index contributed by atoms with van der Waals surface area (Å²) in [6, 6.07) is 18.1. The van der Waals surface area contributed by atoms with Gasteiger partial charge in [0.1, 0.15) is 0 Å². The molecule has 2 aliphatic rings. The maximum absolute atomic E-state index is 13.0. The molecule has 0 spiro atoms. The number of halogens is 2. The van der Waals surface area contributed by atoms with Crippen LogP contribution in [0.5, 0.6) is 0 Å². The van der Waals surface area contributed by atoms with E-state index >= 15 is 0 Å². The molecule has 6 heteroatoms. The van der Waals surface area contributed by atoms with Crippen molar-refractivity contribution in [1.82, 2.24) is 14.8 Å². The highest BCUT2D eigenvalue weighted by Crippen LogP contribution is 2.45. The van der Waals surface area contributed by atoms with Gasteiger partial charge in [-0.1, -0.05) is 53.5 Å². The molecule has 0 radical (unpaired) electrons. The van der Waals surface area contributed by atoms with Crippen molar-refractivity contribution in [2.24, 2.45) is 0 Å². The number of likely N-dealkylation sites (tertiary alicyclic amines) is 1. The molecule has 0 saturated carbocycles. The van der Waals surface area contributed by atoms with Crippen molar-refractivity contribution in [3.05, 3.63) is 99.3 Å². The summed E-state index contributed by atoms with van der Waals surface area (Å²) in [5.41, 5.74) is 4.37. The zero-order valence-corrected chi connectivity index (χ0v) is 20.8. The van der Waals surface area contributed by atoms with E-state index in [1.54, 1.807) is 0 Å². The number of likely N-dealkylation sites (N-methyl/N-ethyl adjacent to an activating group) is 1. The molecule has 176 valence electrons. The monoisotopic (exact) mass is 493 g/mol. The van der Waals surface area contributed by atoms with Gasteiger partial charge in [0.2, 0.25) is 0 Å². The first kappa shape index (κ1) is 23.3. The van der Waals surface area contributed by atoms with Crippen molar-refractivity contribution in [2.45, 2.75) is 37.1 Å². The molecule has 2 aromatic carbocycles. The van der Waals surface area contributed by atoms with Gasteiger partial charge in [-0.25, -0.2) is 0 Å². The number of fused-ring (bicyclic) bond motifs is 1. The fraction of sp³-hybridized carbons (Fsp3) is 0.357. The first-order valence-electron chi connectivity index (χ1n) is 12.0. The third-order valence-corrected chi connectivity index (χ3v) is 8.24. The van der Waals surface area contributed by atoms with Gasteiger partial charge in [0.15, 0.2) is 0 Å². The van der Waals surface area contributed by atoms with Crippen LogP contribution in [0.3, 0.4) is 0 Å². The van der Waals surface area contributed by atoms with Crippen LogP contribution in [0.1, 0.15) is 64.2 Å². The highest BCUT2D eigenvalue weighted by atomic mass is 35.5. The third-order valence-electron chi connectivity index (χ3n) is 7.50. The van der Waals surface area contributed by atoms with E-state index in [1.165, 1.54) is 5.56 Å². The molecule has 0 aliphatic carbocycles. The molecule has 3 heterocycles. The number of hydrogen-bond acceptors (Lipinski definition) is 3. The number of nitrogens with zero attached hydrogens (tertiary/aromatic N) is 3. The number of aromatic nitrogens is 1. The molecule has 2 atom stereocenters. The summed E-state index contributed by atoms with van der Waals surface area (Å²) in [6.07, 6.45) is 7.07. The second-order valence-corrected chi connectivity index (χ2v) is 10.2. The topological polar surface area (TPSA) is 36.4 Å². The first-order chi connectivity index (χ1) is 16.5. The molecule has 3 aromatic rings. The molecule has 34 heavy (non-hydrogen) atoms. The Balaban J connectivity index is 1.35. The Hall–Kier alpha value is -2.40. The van der Waals surface area contributed by atoms with Crippen molar-refractivity contribution in [2.75, 3.05) is 26.7 Å². The van der Waals surface area contributed by atoms with Crippen LogP contribution in [0.25, 0.3) is 0 Å². The fourth-order valence-corrected chi connectivity index (χ4v) is 5.95. The minimum absolute atomic E-state index is 0.0196. The van der Waals surface area contributed by atoms with Crippen LogP contribution in [-0.2, 0) is 0 Å². The number of hydrogen-bond donors (Lipinski definition) is 0. The van der Waals surface area contributed by atoms with E-state index in [1.807, 2.05) is 60.7 Å². The largest absolute Gasteiger partial charge is 0.334 e. The van der Waals surface area contributed by atoms with Crippen molar-refractivity contribution in [3.8, 4) is 0 Å². The summed E-state index contributed by atoms with van der Waals surface area (Å²) < 4.78 is 0. The lowest BCUT2D eigenvalue weighted by molar-refractivity contribution is 0.0746. The average Bonchev–Trinajstić information content (AvgIpc) is 3.12. The molecule has 1 fully saturated rings. The molecule has 5 rings (SSSR count). The molecular weight excluding hydrogens is 465 g/mol. The normalized spacial score (nSPS) is 19.9. The maximum atomic E-state index is 13.0. The number of piperidine rings is 1. The molecular formula is C28H29Cl2N3O. The van der Waals surface area contributed by atoms with Gasteiger partial charge >= 0.3 is 0 Å². The smallest absolute Gasteiger partial charge is 0.254 e. The lowest BCUT2D eigenvalue weighted by Crippen LogP contribution is -2.35. The van der Waals surface area contributed by atoms with Crippen LogP contribution in [0.2, 0.25) is 10.0 Å². The van der Waals surface area contributed by atoms with E-state index in [0.29, 0.717) is 16.0 Å². The summed E-state index contributed by atoms with van der Waals surface area (Å²) in [5, 5.41) is 1.11. The number of benzene rings is 2. The van der Waals surface area contributed by atoms with E-state index in [-0.39, 0.29) is 17.9 Å². The van der Waals surface area contributed by atoms with E-state index in [9.17, 15) is 4.79 Å². The number of rotatable bonds is 6. The second-order valence-electron chi connectivity index (χ2n) is 9.42. The molecule has 2 aliphatic heterocycles. The Morgan fingerprint density at radius 1 is 1.03 bits per heavy atom. The van der Waals surface area contributed by atoms with Crippen LogP contribution in [-0.4, -0.2) is 47.4 Å². The quantitative estimate of drug-likeness (QED) is 0.389. The van der Waals surface area contributed by atoms with Crippen molar-refractivity contribution >= 4 is 29.1 Å². The number of carbonyl (C=O) groups excluding carboxylic acids is 1. The second kappa shape index (κ2) is 10.1. The minimum Gasteiger partial charge on any atom is -0.334 e. The highest BCUT2D eigenvalue weighted by molar-refractivity contribution is 6.42. The van der Waals surface area contributed by atoms with Crippen molar-refractivity contribution < 1.29 is 4.79 Å². The SMILES string of the molecule is CN1C(=O)c2ccccc2C1C(CCN1CCC(c2cccnc2)CC1)c1ccc(Cl)c(Cl)c1. The van der Waals surface area contributed by atoms with Crippen LogP contribution < -0.4 is 0 Å². The van der Waals surface area contributed by atoms with E-state index in [2.05, 4.69) is 28.1 Å². The highest BCUT2D eigenvalue weighted by Gasteiger charge is 2.39. The number of pyridine rings is 1. The third kappa shape index (κ3) is 4.59. The molecule has 1 saturated heterocycles. The Morgan fingerprint density at radius 2 is 1.82 bits per heavy atom. The molecule has 1 amide bonds. The minimum atomic E-state index is -0.0196. The Labute approximate surface area is 211 Å².